The summed E-state index contributed by atoms with van der Waals surface area (Å²) < 4.78 is 0. The lowest BCUT2D eigenvalue weighted by Gasteiger charge is -2.30. The Morgan fingerprint density at radius 3 is 3.11 bits per heavy atom. The second-order valence-corrected chi connectivity index (χ2v) is 5.30. The normalized spacial score (nSPS) is 20.9. The van der Waals surface area contributed by atoms with Crippen molar-refractivity contribution in [2.75, 3.05) is 37.2 Å². The minimum Gasteiger partial charge on any atom is -0.369 e. The zero-order chi connectivity index (χ0) is 13.0. The van der Waals surface area contributed by atoms with Crippen LogP contribution in [0.5, 0.6) is 0 Å². The molecule has 3 N–H and O–H groups in total. The maximum atomic E-state index is 5.82. The standard InChI is InChI=1S/C12H20ClN5/c1-9-3-2-5-18(8-9)6-4-15-11-7-10(13)16-12(14)17-11/h7,9H,2-6,8H2,1H3,(H3,14,15,16,17). The number of aromatic nitrogens is 2. The zero-order valence-corrected chi connectivity index (χ0v) is 11.5. The number of likely N-dealkylation sites (tertiary alicyclic amines) is 1. The molecule has 6 heteroatoms. The van der Waals surface area contributed by atoms with Gasteiger partial charge in [-0.25, -0.2) is 4.98 Å². The van der Waals surface area contributed by atoms with E-state index in [1.54, 1.807) is 6.07 Å². The van der Waals surface area contributed by atoms with Crippen LogP contribution in [0.15, 0.2) is 6.07 Å². The molecule has 0 spiro atoms. The van der Waals surface area contributed by atoms with Crippen molar-refractivity contribution in [2.45, 2.75) is 19.8 Å². The maximum Gasteiger partial charge on any atom is 0.223 e. The van der Waals surface area contributed by atoms with Gasteiger partial charge in [-0.15, -0.1) is 0 Å². The van der Waals surface area contributed by atoms with Crippen LogP contribution in [0.25, 0.3) is 0 Å². The van der Waals surface area contributed by atoms with E-state index in [0.717, 1.165) is 19.0 Å². The molecule has 0 amide bonds. The molecule has 1 aliphatic heterocycles. The van der Waals surface area contributed by atoms with Crippen molar-refractivity contribution >= 4 is 23.4 Å². The van der Waals surface area contributed by atoms with E-state index in [-0.39, 0.29) is 5.95 Å². The van der Waals surface area contributed by atoms with Crippen LogP contribution in [0, 0.1) is 5.92 Å². The Bertz CT molecular complexity index is 378. The molecule has 0 aromatic carbocycles. The van der Waals surface area contributed by atoms with E-state index >= 15 is 0 Å². The molecule has 1 aliphatic rings. The zero-order valence-electron chi connectivity index (χ0n) is 10.7. The summed E-state index contributed by atoms with van der Waals surface area (Å²) in [5.74, 6) is 1.71. The van der Waals surface area contributed by atoms with Gasteiger partial charge in [0.1, 0.15) is 11.0 Å². The lowest BCUT2D eigenvalue weighted by atomic mass is 10.0. The Balaban J connectivity index is 1.77. The highest BCUT2D eigenvalue weighted by Gasteiger charge is 2.15. The van der Waals surface area contributed by atoms with E-state index in [9.17, 15) is 0 Å². The van der Waals surface area contributed by atoms with E-state index in [2.05, 4.69) is 27.1 Å². The van der Waals surface area contributed by atoms with Crippen molar-refractivity contribution in [1.29, 1.82) is 0 Å². The van der Waals surface area contributed by atoms with Crippen molar-refractivity contribution in [2.24, 2.45) is 5.92 Å². The van der Waals surface area contributed by atoms with Crippen LogP contribution in [0.4, 0.5) is 11.8 Å². The molecule has 0 aliphatic carbocycles. The topological polar surface area (TPSA) is 67.1 Å². The Labute approximate surface area is 113 Å². The SMILES string of the molecule is CC1CCCN(CCNc2cc(Cl)nc(N)n2)C1. The van der Waals surface area contributed by atoms with Gasteiger partial charge in [-0.1, -0.05) is 18.5 Å². The van der Waals surface area contributed by atoms with Gasteiger partial charge in [0.15, 0.2) is 0 Å². The minimum atomic E-state index is 0.205. The third-order valence-corrected chi connectivity index (χ3v) is 3.38. The number of hydrogen-bond acceptors (Lipinski definition) is 5. The Morgan fingerprint density at radius 1 is 1.56 bits per heavy atom. The van der Waals surface area contributed by atoms with E-state index in [4.69, 9.17) is 17.3 Å². The number of halogens is 1. The van der Waals surface area contributed by atoms with Crippen molar-refractivity contribution in [3.05, 3.63) is 11.2 Å². The molecular weight excluding hydrogens is 250 g/mol. The van der Waals surface area contributed by atoms with Crippen LogP contribution in [0.1, 0.15) is 19.8 Å². The van der Waals surface area contributed by atoms with Crippen molar-refractivity contribution in [3.8, 4) is 0 Å². The molecule has 1 saturated heterocycles. The first-order valence-corrected chi connectivity index (χ1v) is 6.77. The van der Waals surface area contributed by atoms with Gasteiger partial charge in [-0.2, -0.15) is 4.98 Å². The largest absolute Gasteiger partial charge is 0.369 e. The molecule has 0 bridgehead atoms. The minimum absolute atomic E-state index is 0.205. The summed E-state index contributed by atoms with van der Waals surface area (Å²) in [6.45, 7) is 6.56. The predicted molar refractivity (Wildman–Crippen MR) is 74.8 cm³/mol. The van der Waals surface area contributed by atoms with Crippen LogP contribution in [0.3, 0.4) is 0 Å². The first-order valence-electron chi connectivity index (χ1n) is 6.40. The van der Waals surface area contributed by atoms with Crippen molar-refractivity contribution in [3.63, 3.8) is 0 Å². The summed E-state index contributed by atoms with van der Waals surface area (Å²) in [4.78, 5) is 10.4. The molecule has 1 atom stereocenters. The molecule has 0 radical (unpaired) electrons. The van der Waals surface area contributed by atoms with E-state index in [1.807, 2.05) is 0 Å². The van der Waals surface area contributed by atoms with Gasteiger partial charge in [0.2, 0.25) is 5.95 Å². The highest BCUT2D eigenvalue weighted by Crippen LogP contribution is 2.15. The fourth-order valence-corrected chi connectivity index (χ4v) is 2.55. The third kappa shape index (κ3) is 3.99. The second-order valence-electron chi connectivity index (χ2n) is 4.91. The van der Waals surface area contributed by atoms with Gasteiger partial charge in [0, 0.05) is 25.7 Å². The summed E-state index contributed by atoms with van der Waals surface area (Å²) in [7, 11) is 0. The molecule has 2 heterocycles. The Hall–Kier alpha value is -1.07. The van der Waals surface area contributed by atoms with Crippen LogP contribution >= 0.6 is 11.6 Å². The van der Waals surface area contributed by atoms with Crippen molar-refractivity contribution in [1.82, 2.24) is 14.9 Å². The van der Waals surface area contributed by atoms with E-state index < -0.39 is 0 Å². The number of anilines is 2. The number of nitrogens with zero attached hydrogens (tertiary/aromatic N) is 3. The fraction of sp³-hybridized carbons (Fsp3) is 0.667. The van der Waals surface area contributed by atoms with Crippen LogP contribution < -0.4 is 11.1 Å². The maximum absolute atomic E-state index is 5.82. The quantitative estimate of drug-likeness (QED) is 0.817. The summed E-state index contributed by atoms with van der Waals surface area (Å²) in [5, 5.41) is 3.60. The van der Waals surface area contributed by atoms with Gasteiger partial charge < -0.3 is 16.0 Å². The molecule has 5 nitrogen and oxygen atoms in total. The molecule has 1 unspecified atom stereocenters. The van der Waals surface area contributed by atoms with Gasteiger partial charge in [-0.05, 0) is 25.3 Å². The molecule has 0 saturated carbocycles. The van der Waals surface area contributed by atoms with Gasteiger partial charge >= 0.3 is 0 Å². The second kappa shape index (κ2) is 6.20. The number of rotatable bonds is 4. The van der Waals surface area contributed by atoms with E-state index in [0.29, 0.717) is 11.0 Å². The van der Waals surface area contributed by atoms with Crippen LogP contribution in [-0.4, -0.2) is 41.0 Å². The molecule has 18 heavy (non-hydrogen) atoms. The van der Waals surface area contributed by atoms with Gasteiger partial charge in [0.25, 0.3) is 0 Å². The van der Waals surface area contributed by atoms with Gasteiger partial charge in [-0.3, -0.25) is 0 Å². The Morgan fingerprint density at radius 2 is 2.39 bits per heavy atom. The smallest absolute Gasteiger partial charge is 0.223 e. The van der Waals surface area contributed by atoms with Crippen LogP contribution in [-0.2, 0) is 0 Å². The summed E-state index contributed by atoms with van der Waals surface area (Å²) in [6.07, 6.45) is 2.65. The number of hydrogen-bond donors (Lipinski definition) is 2. The molecule has 100 valence electrons. The number of nitrogens with two attached hydrogens (primary N) is 1. The van der Waals surface area contributed by atoms with Crippen molar-refractivity contribution < 1.29 is 0 Å². The Kier molecular flexibility index (Phi) is 4.60. The van der Waals surface area contributed by atoms with Gasteiger partial charge in [0.05, 0.1) is 0 Å². The lowest BCUT2D eigenvalue weighted by Crippen LogP contribution is -2.37. The molecule has 1 aromatic rings. The summed E-state index contributed by atoms with van der Waals surface area (Å²) in [5.41, 5.74) is 5.54. The average Bonchev–Trinajstić information content (AvgIpc) is 2.27. The fourth-order valence-electron chi connectivity index (χ4n) is 2.36. The monoisotopic (exact) mass is 269 g/mol. The highest BCUT2D eigenvalue weighted by molar-refractivity contribution is 6.29. The highest BCUT2D eigenvalue weighted by atomic mass is 35.5. The molecule has 1 aromatic heterocycles. The number of piperidine rings is 1. The van der Waals surface area contributed by atoms with E-state index in [1.165, 1.54) is 25.9 Å². The molecule has 1 fully saturated rings. The summed E-state index contributed by atoms with van der Waals surface area (Å²) >= 11 is 5.82. The average molecular weight is 270 g/mol. The lowest BCUT2D eigenvalue weighted by molar-refractivity contribution is 0.190. The number of nitrogens with one attached hydrogen (secondary N) is 1. The molecular formula is C12H20ClN5. The summed E-state index contributed by atoms with van der Waals surface area (Å²) in [6, 6.07) is 1.69. The third-order valence-electron chi connectivity index (χ3n) is 3.19. The number of nitrogen functional groups attached to an aromatic ring is 1. The van der Waals surface area contributed by atoms with Crippen LogP contribution in [0.2, 0.25) is 5.15 Å². The molecule has 2 rings (SSSR count). The first-order chi connectivity index (χ1) is 8.63. The first kappa shape index (κ1) is 13.4. The predicted octanol–water partition coefficient (Wildman–Crippen LogP) is 1.86.